The van der Waals surface area contributed by atoms with Crippen LogP contribution in [0.15, 0.2) is 103 Å². The molecule has 6 rings (SSSR count). The zero-order chi connectivity index (χ0) is 19.2. The van der Waals surface area contributed by atoms with Crippen molar-refractivity contribution in [3.63, 3.8) is 0 Å². The molecule has 0 atom stereocenters. The van der Waals surface area contributed by atoms with Gasteiger partial charge in [0.25, 0.3) is 0 Å². The maximum Gasteiger partial charge on any atom is 0.146 e. The van der Waals surface area contributed by atoms with Crippen LogP contribution in [0.3, 0.4) is 0 Å². The van der Waals surface area contributed by atoms with Gasteiger partial charge in [0.05, 0.1) is 16.9 Å². The predicted octanol–water partition coefficient (Wildman–Crippen LogP) is 6.37. The number of rotatable bonds is 2. The molecular weight excluding hydrogens is 354 g/mol. The lowest BCUT2D eigenvalue weighted by Gasteiger charge is -2.11. The van der Waals surface area contributed by atoms with E-state index in [1.54, 1.807) is 0 Å². The lowest BCUT2D eigenvalue weighted by molar-refractivity contribution is 1.20. The van der Waals surface area contributed by atoms with Crippen LogP contribution in [-0.2, 0) is 0 Å². The van der Waals surface area contributed by atoms with Crippen LogP contribution in [0.4, 0.5) is 0 Å². The molecule has 0 aliphatic carbocycles. The van der Waals surface area contributed by atoms with E-state index < -0.39 is 0 Å². The molecule has 0 fully saturated rings. The Hall–Kier alpha value is -3.98. The van der Waals surface area contributed by atoms with Crippen LogP contribution in [0.1, 0.15) is 0 Å². The normalized spacial score (nSPS) is 11.4. The van der Waals surface area contributed by atoms with E-state index in [-0.39, 0.29) is 0 Å². The minimum atomic E-state index is 0.956. The molecule has 0 amide bonds. The Labute approximate surface area is 167 Å². The summed E-state index contributed by atoms with van der Waals surface area (Å²) in [5, 5.41) is 3.38. The molecule has 0 spiro atoms. The van der Waals surface area contributed by atoms with Crippen molar-refractivity contribution in [1.82, 2.24) is 14.4 Å². The Balaban J connectivity index is 1.76. The van der Waals surface area contributed by atoms with Crippen molar-refractivity contribution in [1.29, 1.82) is 0 Å². The predicted molar refractivity (Wildman–Crippen MR) is 119 cm³/mol. The van der Waals surface area contributed by atoms with Crippen molar-refractivity contribution >= 4 is 27.3 Å². The van der Waals surface area contributed by atoms with Crippen LogP contribution in [0.2, 0.25) is 0 Å². The van der Waals surface area contributed by atoms with E-state index in [2.05, 4.69) is 77.5 Å². The highest BCUT2D eigenvalue weighted by atomic mass is 15.0. The zero-order valence-electron chi connectivity index (χ0n) is 15.7. The van der Waals surface area contributed by atoms with Crippen LogP contribution in [0.25, 0.3) is 49.8 Å². The van der Waals surface area contributed by atoms with E-state index in [0.717, 1.165) is 49.8 Å². The molecule has 0 aliphatic rings. The Kier molecular flexibility index (Phi) is 3.47. The lowest BCUT2D eigenvalue weighted by atomic mass is 10.0. The van der Waals surface area contributed by atoms with Crippen LogP contribution >= 0.6 is 0 Å². The molecule has 136 valence electrons. The molecule has 3 aromatic carbocycles. The van der Waals surface area contributed by atoms with E-state index >= 15 is 0 Å². The molecule has 6 aromatic rings. The molecule has 0 bridgehead atoms. The van der Waals surface area contributed by atoms with Gasteiger partial charge in [-0.15, -0.1) is 0 Å². The van der Waals surface area contributed by atoms with E-state index in [0.29, 0.717) is 0 Å². The monoisotopic (exact) mass is 371 g/mol. The second kappa shape index (κ2) is 6.28. The van der Waals surface area contributed by atoms with Crippen molar-refractivity contribution < 1.29 is 0 Å². The average Bonchev–Trinajstić information content (AvgIpc) is 3.24. The third kappa shape index (κ3) is 2.52. The first kappa shape index (κ1) is 16.0. The molecule has 0 radical (unpaired) electrons. The number of nitrogens with zero attached hydrogens (tertiary/aromatic N) is 3. The molecule has 0 N–H and O–H groups in total. The van der Waals surface area contributed by atoms with Crippen LogP contribution in [0.5, 0.6) is 0 Å². The molecule has 3 nitrogen and oxygen atoms in total. The molecule has 0 saturated carbocycles. The Morgan fingerprint density at radius 1 is 0.586 bits per heavy atom. The van der Waals surface area contributed by atoms with Gasteiger partial charge in [0, 0.05) is 39.7 Å². The van der Waals surface area contributed by atoms with Gasteiger partial charge < -0.3 is 4.40 Å². The topological polar surface area (TPSA) is 30.2 Å². The van der Waals surface area contributed by atoms with Gasteiger partial charge in [-0.05, 0) is 12.1 Å². The first-order valence-electron chi connectivity index (χ1n) is 9.69. The Morgan fingerprint density at radius 3 is 2.07 bits per heavy atom. The fourth-order valence-corrected chi connectivity index (χ4v) is 4.04. The summed E-state index contributed by atoms with van der Waals surface area (Å²) in [6.07, 6.45) is 4.18. The van der Waals surface area contributed by atoms with Crippen molar-refractivity contribution in [2.24, 2.45) is 0 Å². The summed E-state index contributed by atoms with van der Waals surface area (Å²) >= 11 is 0. The van der Waals surface area contributed by atoms with Gasteiger partial charge in [-0.3, -0.25) is 0 Å². The van der Waals surface area contributed by atoms with Gasteiger partial charge in [0.15, 0.2) is 0 Å². The third-order valence-corrected chi connectivity index (χ3v) is 5.40. The minimum absolute atomic E-state index is 0.956. The average molecular weight is 371 g/mol. The molecular formula is C26H17N3. The van der Waals surface area contributed by atoms with Gasteiger partial charge >= 0.3 is 0 Å². The van der Waals surface area contributed by atoms with E-state index in [1.165, 1.54) is 0 Å². The summed E-state index contributed by atoms with van der Waals surface area (Å²) in [7, 11) is 0. The number of benzene rings is 3. The molecule has 0 aliphatic heterocycles. The number of fused-ring (bicyclic) bond motifs is 5. The largest absolute Gasteiger partial charge is 0.306 e. The van der Waals surface area contributed by atoms with Crippen molar-refractivity contribution in [2.45, 2.75) is 0 Å². The quantitative estimate of drug-likeness (QED) is 0.331. The van der Waals surface area contributed by atoms with Gasteiger partial charge in [0.2, 0.25) is 0 Å². The maximum atomic E-state index is 5.03. The number of hydrogen-bond donors (Lipinski definition) is 0. The van der Waals surface area contributed by atoms with Crippen LogP contribution in [0, 0.1) is 0 Å². The van der Waals surface area contributed by atoms with Gasteiger partial charge in [-0.25, -0.2) is 9.97 Å². The van der Waals surface area contributed by atoms with Gasteiger partial charge in [0.1, 0.15) is 5.65 Å². The molecule has 0 saturated heterocycles. The Bertz CT molecular complexity index is 1480. The number of hydrogen-bond acceptors (Lipinski definition) is 2. The highest BCUT2D eigenvalue weighted by molar-refractivity contribution is 6.16. The highest BCUT2D eigenvalue weighted by Crippen LogP contribution is 2.35. The molecule has 3 heterocycles. The second-order valence-corrected chi connectivity index (χ2v) is 7.17. The molecule has 0 unspecified atom stereocenters. The SMILES string of the molecule is c1ccc(-c2cn3ccc4c(-c5ccccc5)nc5ccccc5c4c3n2)cc1. The summed E-state index contributed by atoms with van der Waals surface area (Å²) in [4.78, 5) is 10.0. The minimum Gasteiger partial charge on any atom is -0.306 e. The maximum absolute atomic E-state index is 5.03. The van der Waals surface area contributed by atoms with Crippen LogP contribution in [-0.4, -0.2) is 14.4 Å². The highest BCUT2D eigenvalue weighted by Gasteiger charge is 2.15. The smallest absolute Gasteiger partial charge is 0.146 e. The standard InChI is InChI=1S/C26H17N3/c1-3-9-18(10-4-1)23-17-29-16-15-21-24(26(29)28-23)20-13-7-8-14-22(20)27-25(21)19-11-5-2-6-12-19/h1-17H. The summed E-state index contributed by atoms with van der Waals surface area (Å²) < 4.78 is 2.12. The fraction of sp³-hybridized carbons (Fsp3) is 0. The van der Waals surface area contributed by atoms with Gasteiger partial charge in [-0.2, -0.15) is 0 Å². The number of pyridine rings is 2. The second-order valence-electron chi connectivity index (χ2n) is 7.17. The lowest BCUT2D eigenvalue weighted by Crippen LogP contribution is -1.93. The molecule has 29 heavy (non-hydrogen) atoms. The summed E-state index contributed by atoms with van der Waals surface area (Å²) in [6.45, 7) is 0. The van der Waals surface area contributed by atoms with E-state index in [9.17, 15) is 0 Å². The van der Waals surface area contributed by atoms with Crippen molar-refractivity contribution in [3.8, 4) is 22.5 Å². The summed E-state index contributed by atoms with van der Waals surface area (Å²) in [6, 6.07) is 31.1. The van der Waals surface area contributed by atoms with Gasteiger partial charge in [-0.1, -0.05) is 78.9 Å². The molecule has 3 aromatic heterocycles. The molecule has 3 heteroatoms. The van der Waals surface area contributed by atoms with E-state index in [4.69, 9.17) is 9.97 Å². The summed E-state index contributed by atoms with van der Waals surface area (Å²) in [5.74, 6) is 0. The fourth-order valence-electron chi connectivity index (χ4n) is 4.04. The third-order valence-electron chi connectivity index (χ3n) is 5.40. The van der Waals surface area contributed by atoms with Crippen molar-refractivity contribution in [2.75, 3.05) is 0 Å². The number of aromatic nitrogens is 3. The van der Waals surface area contributed by atoms with Crippen LogP contribution < -0.4 is 0 Å². The number of imidazole rings is 1. The Morgan fingerprint density at radius 2 is 1.28 bits per heavy atom. The first-order valence-corrected chi connectivity index (χ1v) is 9.69. The first-order chi connectivity index (χ1) is 14.4. The zero-order valence-corrected chi connectivity index (χ0v) is 15.7. The van der Waals surface area contributed by atoms with E-state index in [1.807, 2.05) is 30.3 Å². The summed E-state index contributed by atoms with van der Waals surface area (Å²) in [5.41, 5.74) is 6.13. The van der Waals surface area contributed by atoms with Crippen molar-refractivity contribution in [3.05, 3.63) is 103 Å². The number of para-hydroxylation sites is 1.